The van der Waals surface area contributed by atoms with Crippen LogP contribution in [0.2, 0.25) is 10.0 Å². The summed E-state index contributed by atoms with van der Waals surface area (Å²) in [4.78, 5) is 14.0. The maximum Gasteiger partial charge on any atom is 0.233 e. The van der Waals surface area contributed by atoms with Crippen LogP contribution in [0.25, 0.3) is 11.4 Å². The molecule has 0 saturated carbocycles. The Bertz CT molecular complexity index is 1010. The predicted molar refractivity (Wildman–Crippen MR) is 115 cm³/mol. The van der Waals surface area contributed by atoms with E-state index in [-0.39, 0.29) is 18.2 Å². The second-order valence-corrected chi connectivity index (χ2v) is 8.09. The average Bonchev–Trinajstić information content (AvgIpc) is 3.11. The Morgan fingerprint density at radius 3 is 2.66 bits per heavy atom. The summed E-state index contributed by atoms with van der Waals surface area (Å²) in [7, 11) is 1.62. The van der Waals surface area contributed by atoms with E-state index in [4.69, 9.17) is 23.2 Å². The van der Waals surface area contributed by atoms with Crippen molar-refractivity contribution < 1.29 is 9.18 Å². The minimum Gasteiger partial charge on any atom is -0.341 e. The molecule has 152 valence electrons. The smallest absolute Gasteiger partial charge is 0.233 e. The minimum absolute atomic E-state index is 0.0964. The SMILES string of the molecule is CCn1c(SCC(=O)N(C)Cc2c(F)cccc2Cl)nnc1-c1cccc(Cl)c1. The maximum atomic E-state index is 14.0. The zero-order valence-corrected chi connectivity index (χ0v) is 18.2. The molecule has 1 heterocycles. The highest BCUT2D eigenvalue weighted by Crippen LogP contribution is 2.26. The van der Waals surface area contributed by atoms with E-state index in [2.05, 4.69) is 10.2 Å². The van der Waals surface area contributed by atoms with Gasteiger partial charge in [0.2, 0.25) is 5.91 Å². The van der Waals surface area contributed by atoms with Gasteiger partial charge in [0, 0.05) is 41.3 Å². The monoisotopic (exact) mass is 452 g/mol. The van der Waals surface area contributed by atoms with Crippen LogP contribution < -0.4 is 0 Å². The Kier molecular flexibility index (Phi) is 7.16. The molecule has 0 aliphatic carbocycles. The van der Waals surface area contributed by atoms with Crippen molar-refractivity contribution in [3.8, 4) is 11.4 Å². The molecule has 9 heteroatoms. The molecule has 0 saturated heterocycles. The lowest BCUT2D eigenvalue weighted by molar-refractivity contribution is -0.127. The minimum atomic E-state index is -0.429. The third-order valence-electron chi connectivity index (χ3n) is 4.32. The molecule has 0 fully saturated rings. The van der Waals surface area contributed by atoms with E-state index in [1.54, 1.807) is 19.2 Å². The second-order valence-electron chi connectivity index (χ2n) is 6.30. The lowest BCUT2D eigenvalue weighted by atomic mass is 10.2. The van der Waals surface area contributed by atoms with Crippen LogP contribution in [0, 0.1) is 5.82 Å². The number of thioether (sulfide) groups is 1. The van der Waals surface area contributed by atoms with Crippen LogP contribution in [0.15, 0.2) is 47.6 Å². The third kappa shape index (κ3) is 5.10. The van der Waals surface area contributed by atoms with Crippen molar-refractivity contribution in [1.29, 1.82) is 0 Å². The van der Waals surface area contributed by atoms with Crippen molar-refractivity contribution in [3.63, 3.8) is 0 Å². The molecule has 0 radical (unpaired) electrons. The summed E-state index contributed by atoms with van der Waals surface area (Å²) < 4.78 is 15.9. The number of hydrogen-bond acceptors (Lipinski definition) is 4. The van der Waals surface area contributed by atoms with E-state index in [0.29, 0.717) is 33.1 Å². The van der Waals surface area contributed by atoms with Crippen molar-refractivity contribution in [2.24, 2.45) is 0 Å². The fraction of sp³-hybridized carbons (Fsp3) is 0.250. The molecule has 0 atom stereocenters. The summed E-state index contributed by atoms with van der Waals surface area (Å²) in [5, 5.41) is 10.0. The number of aromatic nitrogens is 3. The van der Waals surface area contributed by atoms with Gasteiger partial charge in [-0.25, -0.2) is 4.39 Å². The molecular weight excluding hydrogens is 434 g/mol. The zero-order valence-electron chi connectivity index (χ0n) is 15.9. The molecule has 3 rings (SSSR count). The standard InChI is InChI=1S/C20H19Cl2FN4OS/c1-3-27-19(13-6-4-7-14(21)10-13)24-25-20(27)29-12-18(28)26(2)11-15-16(22)8-5-9-17(15)23/h4-10H,3,11-12H2,1-2H3. The normalized spacial score (nSPS) is 10.9. The topological polar surface area (TPSA) is 51.0 Å². The largest absolute Gasteiger partial charge is 0.341 e. The predicted octanol–water partition coefficient (Wildman–Crippen LogP) is 5.16. The van der Waals surface area contributed by atoms with Crippen molar-refractivity contribution in [2.45, 2.75) is 25.2 Å². The molecule has 3 aromatic rings. The molecule has 0 aliphatic rings. The molecule has 29 heavy (non-hydrogen) atoms. The maximum absolute atomic E-state index is 14.0. The van der Waals surface area contributed by atoms with Gasteiger partial charge in [0.25, 0.3) is 0 Å². The van der Waals surface area contributed by atoms with Gasteiger partial charge >= 0.3 is 0 Å². The van der Waals surface area contributed by atoms with E-state index >= 15 is 0 Å². The van der Waals surface area contributed by atoms with Crippen LogP contribution in [0.3, 0.4) is 0 Å². The van der Waals surface area contributed by atoms with Crippen LogP contribution in [0.4, 0.5) is 4.39 Å². The first-order valence-corrected chi connectivity index (χ1v) is 10.6. The molecule has 0 bridgehead atoms. The van der Waals surface area contributed by atoms with Gasteiger partial charge in [-0.3, -0.25) is 4.79 Å². The summed E-state index contributed by atoms with van der Waals surface area (Å²) in [5.74, 6) is 0.249. The molecule has 0 unspecified atom stereocenters. The number of carbonyl (C=O) groups is 1. The van der Waals surface area contributed by atoms with Gasteiger partial charge in [-0.15, -0.1) is 10.2 Å². The van der Waals surface area contributed by atoms with Crippen LogP contribution in [0.5, 0.6) is 0 Å². The number of rotatable bonds is 7. The Balaban J connectivity index is 1.69. The molecule has 0 spiro atoms. The van der Waals surface area contributed by atoms with Gasteiger partial charge < -0.3 is 9.47 Å². The number of benzene rings is 2. The van der Waals surface area contributed by atoms with Crippen molar-refractivity contribution in [1.82, 2.24) is 19.7 Å². The number of amides is 1. The average molecular weight is 453 g/mol. The van der Waals surface area contributed by atoms with Gasteiger partial charge in [-0.1, -0.05) is 53.2 Å². The molecule has 0 aliphatic heterocycles. The van der Waals surface area contributed by atoms with Crippen LogP contribution in [0.1, 0.15) is 12.5 Å². The summed E-state index contributed by atoms with van der Waals surface area (Å²) >= 11 is 13.4. The van der Waals surface area contributed by atoms with Gasteiger partial charge in [-0.05, 0) is 31.2 Å². The van der Waals surface area contributed by atoms with E-state index in [1.807, 2.05) is 29.7 Å². The van der Waals surface area contributed by atoms with Crippen LogP contribution in [-0.2, 0) is 17.9 Å². The fourth-order valence-corrected chi connectivity index (χ4v) is 4.12. The van der Waals surface area contributed by atoms with E-state index in [1.165, 1.54) is 28.8 Å². The zero-order chi connectivity index (χ0) is 21.0. The second kappa shape index (κ2) is 9.61. The first-order valence-electron chi connectivity index (χ1n) is 8.89. The highest BCUT2D eigenvalue weighted by molar-refractivity contribution is 7.99. The van der Waals surface area contributed by atoms with Crippen LogP contribution >= 0.6 is 35.0 Å². The molecular formula is C20H19Cl2FN4OS. The fourth-order valence-electron chi connectivity index (χ4n) is 2.77. The van der Waals surface area contributed by atoms with E-state index in [9.17, 15) is 9.18 Å². The summed E-state index contributed by atoms with van der Waals surface area (Å²) in [6.07, 6.45) is 0. The Labute approximate surface area is 182 Å². The third-order valence-corrected chi connectivity index (χ3v) is 5.86. The number of carbonyl (C=O) groups excluding carboxylic acids is 1. The van der Waals surface area contributed by atoms with Crippen molar-refractivity contribution in [2.75, 3.05) is 12.8 Å². The van der Waals surface area contributed by atoms with Gasteiger partial charge in [0.15, 0.2) is 11.0 Å². The summed E-state index contributed by atoms with van der Waals surface area (Å²) in [6, 6.07) is 11.9. The lowest BCUT2D eigenvalue weighted by Crippen LogP contribution is -2.28. The molecule has 1 amide bonds. The molecule has 0 N–H and O–H groups in total. The van der Waals surface area contributed by atoms with Gasteiger partial charge in [0.05, 0.1) is 5.75 Å². The van der Waals surface area contributed by atoms with Crippen LogP contribution in [-0.4, -0.2) is 38.4 Å². The highest BCUT2D eigenvalue weighted by atomic mass is 35.5. The number of hydrogen-bond donors (Lipinski definition) is 0. The first-order chi connectivity index (χ1) is 13.9. The van der Waals surface area contributed by atoms with Gasteiger partial charge in [0.1, 0.15) is 5.82 Å². The van der Waals surface area contributed by atoms with Gasteiger partial charge in [-0.2, -0.15) is 0 Å². The van der Waals surface area contributed by atoms with E-state index < -0.39 is 5.82 Å². The highest BCUT2D eigenvalue weighted by Gasteiger charge is 2.18. The molecule has 1 aromatic heterocycles. The van der Waals surface area contributed by atoms with Crippen molar-refractivity contribution >= 4 is 40.9 Å². The summed E-state index contributed by atoms with van der Waals surface area (Å²) in [5.41, 5.74) is 1.16. The number of nitrogens with zero attached hydrogens (tertiary/aromatic N) is 4. The first kappa shape index (κ1) is 21.6. The number of halogens is 3. The quantitative estimate of drug-likeness (QED) is 0.464. The molecule has 5 nitrogen and oxygen atoms in total. The Morgan fingerprint density at radius 1 is 1.21 bits per heavy atom. The summed E-state index contributed by atoms with van der Waals surface area (Å²) in [6.45, 7) is 2.72. The Hall–Kier alpha value is -2.09. The lowest BCUT2D eigenvalue weighted by Gasteiger charge is -2.18. The Morgan fingerprint density at radius 2 is 1.97 bits per heavy atom. The van der Waals surface area contributed by atoms with E-state index in [0.717, 1.165) is 5.56 Å². The molecule has 2 aromatic carbocycles. The van der Waals surface area contributed by atoms with Crippen molar-refractivity contribution in [3.05, 3.63) is 63.9 Å².